The first-order chi connectivity index (χ1) is 9.13. The second-order valence-corrected chi connectivity index (χ2v) is 5.62. The third kappa shape index (κ3) is 3.42. The first-order valence-corrected chi connectivity index (χ1v) is 7.33. The highest BCUT2D eigenvalue weighted by Crippen LogP contribution is 2.33. The molecule has 0 unspecified atom stereocenters. The highest BCUT2D eigenvalue weighted by Gasteiger charge is 2.15. The minimum Gasteiger partial charge on any atom is -0.312 e. The molecule has 0 aliphatic rings. The SMILES string of the molecule is CCCNCc1snnc1-c1cc(F)c(Cl)cc1Cl. The molecule has 19 heavy (non-hydrogen) atoms. The van der Waals surface area contributed by atoms with E-state index in [1.165, 1.54) is 23.7 Å². The van der Waals surface area contributed by atoms with Crippen LogP contribution in [0.5, 0.6) is 0 Å². The van der Waals surface area contributed by atoms with Gasteiger partial charge in [-0.3, -0.25) is 0 Å². The number of aromatic nitrogens is 2. The van der Waals surface area contributed by atoms with Gasteiger partial charge in [-0.2, -0.15) is 0 Å². The number of halogens is 3. The Morgan fingerprint density at radius 1 is 1.32 bits per heavy atom. The van der Waals surface area contributed by atoms with Crippen LogP contribution < -0.4 is 5.32 Å². The zero-order valence-corrected chi connectivity index (χ0v) is 12.5. The molecule has 1 aromatic carbocycles. The highest BCUT2D eigenvalue weighted by molar-refractivity contribution is 7.06. The van der Waals surface area contributed by atoms with Crippen molar-refractivity contribution in [3.8, 4) is 11.3 Å². The summed E-state index contributed by atoms with van der Waals surface area (Å²) in [6.45, 7) is 3.63. The van der Waals surface area contributed by atoms with Gasteiger partial charge >= 0.3 is 0 Å². The van der Waals surface area contributed by atoms with Gasteiger partial charge in [0.05, 0.1) is 14.9 Å². The molecule has 7 heteroatoms. The Morgan fingerprint density at radius 3 is 2.84 bits per heavy atom. The number of hydrogen-bond donors (Lipinski definition) is 1. The van der Waals surface area contributed by atoms with E-state index in [0.717, 1.165) is 17.8 Å². The average Bonchev–Trinajstić information content (AvgIpc) is 2.82. The molecule has 0 fully saturated rings. The van der Waals surface area contributed by atoms with E-state index in [1.54, 1.807) is 0 Å². The first-order valence-electron chi connectivity index (χ1n) is 5.80. The van der Waals surface area contributed by atoms with Crippen molar-refractivity contribution in [3.05, 3.63) is 32.9 Å². The molecule has 0 saturated heterocycles. The average molecular weight is 320 g/mol. The quantitative estimate of drug-likeness (QED) is 0.664. The number of nitrogens with zero attached hydrogens (tertiary/aromatic N) is 2. The topological polar surface area (TPSA) is 37.8 Å². The first kappa shape index (κ1) is 14.7. The maximum Gasteiger partial charge on any atom is 0.142 e. The van der Waals surface area contributed by atoms with Gasteiger partial charge in [0.2, 0.25) is 0 Å². The summed E-state index contributed by atoms with van der Waals surface area (Å²) in [5.41, 5.74) is 1.12. The molecule has 2 aromatic rings. The maximum absolute atomic E-state index is 13.5. The van der Waals surface area contributed by atoms with Crippen LogP contribution in [0.2, 0.25) is 10.0 Å². The zero-order valence-electron chi connectivity index (χ0n) is 10.2. The van der Waals surface area contributed by atoms with E-state index in [-0.39, 0.29) is 5.02 Å². The molecule has 0 atom stereocenters. The minimum absolute atomic E-state index is 0.00240. The van der Waals surface area contributed by atoms with E-state index in [9.17, 15) is 4.39 Å². The Morgan fingerprint density at radius 2 is 2.11 bits per heavy atom. The predicted octanol–water partition coefficient (Wildman–Crippen LogP) is 4.15. The number of benzene rings is 1. The molecular formula is C12H12Cl2FN3S. The largest absolute Gasteiger partial charge is 0.312 e. The van der Waals surface area contributed by atoms with E-state index >= 15 is 0 Å². The van der Waals surface area contributed by atoms with Gasteiger partial charge in [-0.25, -0.2) is 4.39 Å². The second-order valence-electron chi connectivity index (χ2n) is 3.97. The van der Waals surface area contributed by atoms with Gasteiger partial charge in [-0.05, 0) is 36.6 Å². The summed E-state index contributed by atoms with van der Waals surface area (Å²) in [7, 11) is 0. The summed E-state index contributed by atoms with van der Waals surface area (Å²) in [5.74, 6) is -0.512. The normalized spacial score (nSPS) is 10.9. The van der Waals surface area contributed by atoms with E-state index in [1.807, 2.05) is 0 Å². The summed E-state index contributed by atoms with van der Waals surface area (Å²) >= 11 is 13.1. The van der Waals surface area contributed by atoms with Crippen molar-refractivity contribution in [2.45, 2.75) is 19.9 Å². The molecule has 1 N–H and O–H groups in total. The van der Waals surface area contributed by atoms with E-state index < -0.39 is 5.82 Å². The van der Waals surface area contributed by atoms with Crippen LogP contribution in [0.4, 0.5) is 4.39 Å². The Bertz CT molecular complexity index is 574. The van der Waals surface area contributed by atoms with Crippen molar-refractivity contribution < 1.29 is 4.39 Å². The number of hydrogen-bond acceptors (Lipinski definition) is 4. The smallest absolute Gasteiger partial charge is 0.142 e. The standard InChI is InChI=1S/C12H12Cl2FN3S/c1-2-3-16-6-11-12(17-18-19-11)7-4-10(15)9(14)5-8(7)13/h4-5,16H,2-3,6H2,1H3. The van der Waals surface area contributed by atoms with Crippen LogP contribution in [0.1, 0.15) is 18.2 Å². The summed E-state index contributed by atoms with van der Waals surface area (Å²) in [5, 5.41) is 7.67. The number of nitrogens with one attached hydrogen (secondary N) is 1. The summed E-state index contributed by atoms with van der Waals surface area (Å²) in [6.07, 6.45) is 1.04. The lowest BCUT2D eigenvalue weighted by Gasteiger charge is -2.06. The monoisotopic (exact) mass is 319 g/mol. The van der Waals surface area contributed by atoms with Gasteiger partial charge in [-0.1, -0.05) is 34.6 Å². The Balaban J connectivity index is 2.32. The van der Waals surface area contributed by atoms with Crippen LogP contribution in [-0.4, -0.2) is 16.1 Å². The molecule has 0 aliphatic heterocycles. The van der Waals surface area contributed by atoms with Gasteiger partial charge < -0.3 is 5.32 Å². The molecule has 1 heterocycles. The van der Waals surface area contributed by atoms with Crippen molar-refractivity contribution in [2.75, 3.05) is 6.54 Å². The second kappa shape index (κ2) is 6.61. The minimum atomic E-state index is -0.512. The summed E-state index contributed by atoms with van der Waals surface area (Å²) in [6, 6.07) is 2.68. The lowest BCUT2D eigenvalue weighted by Crippen LogP contribution is -2.13. The summed E-state index contributed by atoms with van der Waals surface area (Å²) in [4.78, 5) is 0.928. The van der Waals surface area contributed by atoms with Gasteiger partial charge in [0.15, 0.2) is 0 Å². The third-order valence-electron chi connectivity index (χ3n) is 2.53. The third-order valence-corrected chi connectivity index (χ3v) is 3.86. The van der Waals surface area contributed by atoms with Gasteiger partial charge in [0, 0.05) is 12.1 Å². The van der Waals surface area contributed by atoms with Gasteiger partial charge in [0.1, 0.15) is 11.5 Å². The van der Waals surface area contributed by atoms with Crippen molar-refractivity contribution in [1.29, 1.82) is 0 Å². The fourth-order valence-corrected chi connectivity index (χ4v) is 2.71. The lowest BCUT2D eigenvalue weighted by molar-refractivity contribution is 0.628. The fourth-order valence-electron chi connectivity index (χ4n) is 1.61. The van der Waals surface area contributed by atoms with Crippen LogP contribution in [-0.2, 0) is 6.54 Å². The van der Waals surface area contributed by atoms with Crippen molar-refractivity contribution in [2.24, 2.45) is 0 Å². The molecule has 0 aliphatic carbocycles. The Labute approximate surface area is 124 Å². The molecule has 3 nitrogen and oxygen atoms in total. The predicted molar refractivity (Wildman–Crippen MR) is 77.3 cm³/mol. The maximum atomic E-state index is 13.5. The van der Waals surface area contributed by atoms with Crippen LogP contribution in [0.25, 0.3) is 11.3 Å². The van der Waals surface area contributed by atoms with Crippen molar-refractivity contribution >= 4 is 34.7 Å². The van der Waals surface area contributed by atoms with Crippen molar-refractivity contribution in [3.63, 3.8) is 0 Å². The lowest BCUT2D eigenvalue weighted by atomic mass is 10.1. The van der Waals surface area contributed by atoms with Gasteiger partial charge in [-0.15, -0.1) is 5.10 Å². The molecule has 2 rings (SSSR count). The molecule has 1 aromatic heterocycles. The molecule has 0 bridgehead atoms. The molecule has 0 spiro atoms. The van der Waals surface area contributed by atoms with Crippen LogP contribution in [0.3, 0.4) is 0 Å². The Kier molecular flexibility index (Phi) is 5.10. The highest BCUT2D eigenvalue weighted by atomic mass is 35.5. The molecule has 0 radical (unpaired) electrons. The van der Waals surface area contributed by atoms with Crippen LogP contribution >= 0.6 is 34.7 Å². The molecule has 0 saturated carbocycles. The van der Waals surface area contributed by atoms with E-state index in [4.69, 9.17) is 23.2 Å². The van der Waals surface area contributed by atoms with Crippen LogP contribution in [0, 0.1) is 5.82 Å². The Hall–Kier alpha value is -0.750. The van der Waals surface area contributed by atoms with E-state index in [0.29, 0.717) is 22.8 Å². The molecule has 102 valence electrons. The summed E-state index contributed by atoms with van der Waals surface area (Å²) < 4.78 is 17.4. The molecule has 0 amide bonds. The zero-order chi connectivity index (χ0) is 13.8. The number of rotatable bonds is 5. The van der Waals surface area contributed by atoms with E-state index in [2.05, 4.69) is 21.8 Å². The van der Waals surface area contributed by atoms with Crippen molar-refractivity contribution in [1.82, 2.24) is 14.9 Å². The fraction of sp³-hybridized carbons (Fsp3) is 0.333. The van der Waals surface area contributed by atoms with Crippen LogP contribution in [0.15, 0.2) is 12.1 Å². The van der Waals surface area contributed by atoms with Gasteiger partial charge in [0.25, 0.3) is 0 Å². The molecular weight excluding hydrogens is 308 g/mol.